The van der Waals surface area contributed by atoms with Gasteiger partial charge in [-0.2, -0.15) is 23.5 Å². The van der Waals surface area contributed by atoms with Crippen LogP contribution in [0.1, 0.15) is 67.5 Å². The van der Waals surface area contributed by atoms with Crippen LogP contribution in [0.15, 0.2) is 18.5 Å². The second-order valence-electron chi connectivity index (χ2n) is 10.3. The SMILES string of the molecule is N#Cc1cc(-c2cc(C(=O)N3CC[C@H](C(=O)NC4CCC(O)(C(F)(F)F)CC4)CC34CC4)[nH]n2)ncn1. The molecule has 1 aliphatic heterocycles. The van der Waals surface area contributed by atoms with E-state index in [0.29, 0.717) is 30.8 Å². The lowest BCUT2D eigenvalue weighted by Gasteiger charge is -2.41. The van der Waals surface area contributed by atoms with Crippen molar-refractivity contribution in [2.45, 2.75) is 74.7 Å². The van der Waals surface area contributed by atoms with Crippen molar-refractivity contribution in [3.63, 3.8) is 0 Å². The van der Waals surface area contributed by atoms with Crippen molar-refractivity contribution in [1.29, 1.82) is 5.26 Å². The van der Waals surface area contributed by atoms with Crippen molar-refractivity contribution < 1.29 is 27.9 Å². The average Bonchev–Trinajstić information content (AvgIpc) is 3.45. The summed E-state index contributed by atoms with van der Waals surface area (Å²) in [5.74, 6) is -0.775. The largest absolute Gasteiger partial charge is 0.417 e. The summed E-state index contributed by atoms with van der Waals surface area (Å²) in [6.07, 6.45) is -1.70. The Morgan fingerprint density at radius 2 is 1.86 bits per heavy atom. The highest BCUT2D eigenvalue weighted by molar-refractivity contribution is 5.94. The molecule has 1 atom stereocenters. The van der Waals surface area contributed by atoms with E-state index in [1.54, 1.807) is 11.0 Å². The van der Waals surface area contributed by atoms with Gasteiger partial charge in [-0.1, -0.05) is 0 Å². The summed E-state index contributed by atoms with van der Waals surface area (Å²) < 4.78 is 39.1. The van der Waals surface area contributed by atoms with Gasteiger partial charge < -0.3 is 15.3 Å². The molecule has 0 aromatic carbocycles. The molecule has 5 rings (SSSR count). The second kappa shape index (κ2) is 9.09. The molecule has 3 heterocycles. The summed E-state index contributed by atoms with van der Waals surface area (Å²) in [7, 11) is 0. The Labute approximate surface area is 210 Å². The molecule has 3 fully saturated rings. The Morgan fingerprint density at radius 1 is 1.14 bits per heavy atom. The lowest BCUT2D eigenvalue weighted by atomic mass is 9.81. The lowest BCUT2D eigenvalue weighted by Crippen LogP contribution is -2.54. The van der Waals surface area contributed by atoms with Crippen LogP contribution in [0.4, 0.5) is 13.2 Å². The Morgan fingerprint density at radius 3 is 2.51 bits per heavy atom. The number of nitrogens with zero attached hydrogens (tertiary/aromatic N) is 5. The number of H-pyrrole nitrogens is 1. The summed E-state index contributed by atoms with van der Waals surface area (Å²) >= 11 is 0. The van der Waals surface area contributed by atoms with E-state index in [1.165, 1.54) is 12.4 Å². The van der Waals surface area contributed by atoms with E-state index < -0.39 is 36.2 Å². The zero-order valence-corrected chi connectivity index (χ0v) is 19.9. The maximum absolute atomic E-state index is 13.3. The van der Waals surface area contributed by atoms with Crippen LogP contribution in [-0.2, 0) is 4.79 Å². The van der Waals surface area contributed by atoms with Crippen LogP contribution in [0.2, 0.25) is 0 Å². The maximum Gasteiger partial charge on any atom is 0.417 e. The average molecular weight is 518 g/mol. The summed E-state index contributed by atoms with van der Waals surface area (Å²) in [5, 5.41) is 28.7. The van der Waals surface area contributed by atoms with E-state index in [9.17, 15) is 27.9 Å². The quantitative estimate of drug-likeness (QED) is 0.564. The van der Waals surface area contributed by atoms with Crippen LogP contribution in [0.25, 0.3) is 11.4 Å². The predicted molar refractivity (Wildman–Crippen MR) is 121 cm³/mol. The van der Waals surface area contributed by atoms with Crippen molar-refractivity contribution in [3.05, 3.63) is 29.8 Å². The molecule has 2 amide bonds. The molecule has 37 heavy (non-hydrogen) atoms. The Bertz CT molecular complexity index is 1240. The molecule has 196 valence electrons. The summed E-state index contributed by atoms with van der Waals surface area (Å²) in [6.45, 7) is 0.371. The van der Waals surface area contributed by atoms with Crippen LogP contribution < -0.4 is 5.32 Å². The number of carbonyl (C=O) groups is 2. The fourth-order valence-corrected chi connectivity index (χ4v) is 5.46. The van der Waals surface area contributed by atoms with Crippen molar-refractivity contribution in [2.75, 3.05) is 6.54 Å². The number of aromatic amines is 1. The van der Waals surface area contributed by atoms with E-state index in [4.69, 9.17) is 5.26 Å². The minimum Gasteiger partial charge on any atom is -0.380 e. The van der Waals surface area contributed by atoms with E-state index in [1.807, 2.05) is 6.07 Å². The zero-order chi connectivity index (χ0) is 26.4. The molecule has 1 spiro atoms. The van der Waals surface area contributed by atoms with Gasteiger partial charge in [0.2, 0.25) is 5.91 Å². The van der Waals surface area contributed by atoms with Crippen molar-refractivity contribution in [3.8, 4) is 17.5 Å². The first kappa shape index (κ1) is 25.1. The monoisotopic (exact) mass is 517 g/mol. The Hall–Kier alpha value is -3.53. The predicted octanol–water partition coefficient (Wildman–Crippen LogP) is 2.48. The third-order valence-electron chi connectivity index (χ3n) is 7.88. The minimum atomic E-state index is -4.68. The van der Waals surface area contributed by atoms with E-state index in [0.717, 1.165) is 12.8 Å². The number of likely N-dealkylation sites (tertiary alicyclic amines) is 1. The number of rotatable bonds is 4. The number of nitrogens with one attached hydrogen (secondary N) is 2. The van der Waals surface area contributed by atoms with E-state index in [2.05, 4.69) is 25.5 Å². The minimum absolute atomic E-state index is 0.0641. The zero-order valence-electron chi connectivity index (χ0n) is 19.9. The molecule has 1 saturated heterocycles. The molecule has 13 heteroatoms. The number of hydrogen-bond donors (Lipinski definition) is 3. The third-order valence-corrected chi connectivity index (χ3v) is 7.88. The molecule has 3 N–H and O–H groups in total. The van der Waals surface area contributed by atoms with Gasteiger partial charge in [0, 0.05) is 30.1 Å². The Balaban J connectivity index is 1.19. The second-order valence-corrected chi connectivity index (χ2v) is 10.3. The highest BCUT2D eigenvalue weighted by atomic mass is 19.4. The first-order valence-electron chi connectivity index (χ1n) is 12.2. The number of piperidine rings is 1. The molecule has 10 nitrogen and oxygen atoms in total. The maximum atomic E-state index is 13.3. The normalized spacial score (nSPS) is 26.9. The molecule has 2 saturated carbocycles. The van der Waals surface area contributed by atoms with Crippen molar-refractivity contribution in [1.82, 2.24) is 30.4 Å². The van der Waals surface area contributed by atoms with Gasteiger partial charge in [0.1, 0.15) is 29.5 Å². The van der Waals surface area contributed by atoms with Crippen molar-refractivity contribution in [2.24, 2.45) is 5.92 Å². The lowest BCUT2D eigenvalue weighted by molar-refractivity contribution is -0.270. The van der Waals surface area contributed by atoms with Gasteiger partial charge in [-0.3, -0.25) is 14.7 Å². The number of amides is 2. The van der Waals surface area contributed by atoms with Gasteiger partial charge in [0.25, 0.3) is 5.91 Å². The number of carbonyl (C=O) groups excluding carboxylic acids is 2. The van der Waals surface area contributed by atoms with Gasteiger partial charge in [0.15, 0.2) is 5.60 Å². The number of aromatic nitrogens is 4. The molecule has 2 aromatic rings. The van der Waals surface area contributed by atoms with Crippen LogP contribution in [0, 0.1) is 17.2 Å². The smallest absolute Gasteiger partial charge is 0.380 e. The van der Waals surface area contributed by atoms with Gasteiger partial charge in [-0.25, -0.2) is 9.97 Å². The highest BCUT2D eigenvalue weighted by Gasteiger charge is 2.56. The number of alkyl halides is 3. The van der Waals surface area contributed by atoms with Crippen LogP contribution >= 0.6 is 0 Å². The van der Waals surface area contributed by atoms with E-state index >= 15 is 0 Å². The summed E-state index contributed by atoms with van der Waals surface area (Å²) in [5.41, 5.74) is -1.82. The third kappa shape index (κ3) is 4.77. The van der Waals surface area contributed by atoms with Gasteiger partial charge in [-0.15, -0.1) is 0 Å². The van der Waals surface area contributed by atoms with Crippen LogP contribution in [-0.4, -0.2) is 71.9 Å². The van der Waals surface area contributed by atoms with Gasteiger partial charge in [0.05, 0.1) is 5.69 Å². The van der Waals surface area contributed by atoms with Crippen molar-refractivity contribution >= 4 is 11.8 Å². The molecular formula is C24H26F3N7O3. The molecule has 2 aromatic heterocycles. The number of nitriles is 1. The fraction of sp³-hybridized carbons (Fsp3) is 0.583. The standard InChI is InChI=1S/C24H26F3N7O3/c25-24(26,27)23(37)4-1-15(2-5-23)31-20(35)14-3-8-34(22(11-14)6-7-22)21(36)19-10-18(32-33-19)17-9-16(12-28)29-13-30-17/h9-10,13-15,37H,1-8,11H2,(H,31,35)(H,32,33)/t14-,15?,23?/m0/s1. The van der Waals surface area contributed by atoms with Gasteiger partial charge in [-0.05, 0) is 57.4 Å². The number of hydrogen-bond acceptors (Lipinski definition) is 7. The Kier molecular flexibility index (Phi) is 6.18. The van der Waals surface area contributed by atoms with Gasteiger partial charge >= 0.3 is 6.18 Å². The fourth-order valence-electron chi connectivity index (χ4n) is 5.46. The molecular weight excluding hydrogens is 491 g/mol. The molecule has 0 unspecified atom stereocenters. The molecule has 2 aliphatic carbocycles. The van der Waals surface area contributed by atoms with Crippen LogP contribution in [0.5, 0.6) is 0 Å². The molecule has 3 aliphatic rings. The number of aliphatic hydroxyl groups is 1. The summed E-state index contributed by atoms with van der Waals surface area (Å²) in [6, 6.07) is 4.58. The first-order valence-corrected chi connectivity index (χ1v) is 12.2. The summed E-state index contributed by atoms with van der Waals surface area (Å²) in [4.78, 5) is 36.0. The number of halogens is 3. The topological polar surface area (TPSA) is 148 Å². The first-order chi connectivity index (χ1) is 17.5. The molecule has 0 bridgehead atoms. The highest BCUT2D eigenvalue weighted by Crippen LogP contribution is 2.50. The molecule has 0 radical (unpaired) electrons. The van der Waals surface area contributed by atoms with Crippen LogP contribution in [0.3, 0.4) is 0 Å². The van der Waals surface area contributed by atoms with E-state index in [-0.39, 0.29) is 42.0 Å².